The number of nitrogens with zero attached hydrogens (tertiary/aromatic N) is 1. The van der Waals surface area contributed by atoms with Crippen LogP contribution in [0.1, 0.15) is 48.0 Å². The van der Waals surface area contributed by atoms with Crippen LogP contribution in [0.25, 0.3) is 0 Å². The molecule has 3 rings (SSSR count). The first-order valence-electron chi connectivity index (χ1n) is 10.1. The average molecular weight is 409 g/mol. The highest BCUT2D eigenvalue weighted by Crippen LogP contribution is 2.17. The van der Waals surface area contributed by atoms with Gasteiger partial charge in [0.2, 0.25) is 0 Å². The summed E-state index contributed by atoms with van der Waals surface area (Å²) in [5.74, 6) is 0.892. The summed E-state index contributed by atoms with van der Waals surface area (Å²) in [6, 6.07) is 14.2. The number of hydrazone groups is 1. The first-order chi connectivity index (χ1) is 14.6. The van der Waals surface area contributed by atoms with Crippen molar-refractivity contribution in [2.24, 2.45) is 5.10 Å². The summed E-state index contributed by atoms with van der Waals surface area (Å²) in [5, 5.41) is 7.00. The minimum atomic E-state index is -0.308. The Kier molecular flexibility index (Phi) is 7.83. The Labute approximate surface area is 176 Å². The maximum atomic E-state index is 12.1. The molecule has 30 heavy (non-hydrogen) atoms. The lowest BCUT2D eigenvalue weighted by Gasteiger charge is -2.22. The van der Waals surface area contributed by atoms with Crippen LogP contribution in [0.15, 0.2) is 53.6 Å². The van der Waals surface area contributed by atoms with E-state index in [1.807, 2.05) is 0 Å². The maximum absolute atomic E-state index is 12.1. The number of rotatable bonds is 8. The molecule has 7 heteroatoms. The fourth-order valence-electron chi connectivity index (χ4n) is 3.29. The lowest BCUT2D eigenvalue weighted by Crippen LogP contribution is -2.38. The molecule has 0 aliphatic heterocycles. The first-order valence-corrected chi connectivity index (χ1v) is 10.1. The van der Waals surface area contributed by atoms with Gasteiger partial charge in [0, 0.05) is 11.6 Å². The van der Waals surface area contributed by atoms with E-state index in [-0.39, 0.29) is 24.5 Å². The molecule has 1 aliphatic rings. The molecule has 2 amide bonds. The summed E-state index contributed by atoms with van der Waals surface area (Å²) in [5.41, 5.74) is 3.77. The zero-order valence-corrected chi connectivity index (χ0v) is 17.1. The van der Waals surface area contributed by atoms with Gasteiger partial charge in [-0.3, -0.25) is 9.59 Å². The van der Waals surface area contributed by atoms with Gasteiger partial charge in [-0.1, -0.05) is 19.3 Å². The number of ether oxygens (including phenoxy) is 2. The molecule has 2 aromatic rings. The van der Waals surface area contributed by atoms with Crippen LogP contribution in [0.2, 0.25) is 0 Å². The maximum Gasteiger partial charge on any atom is 0.271 e. The number of amides is 2. The molecule has 0 aromatic heterocycles. The first kappa shape index (κ1) is 21.4. The van der Waals surface area contributed by atoms with Crippen molar-refractivity contribution in [1.29, 1.82) is 0 Å². The van der Waals surface area contributed by atoms with Gasteiger partial charge in [0.05, 0.1) is 13.3 Å². The number of carbonyl (C=O) groups is 2. The number of methoxy groups -OCH3 is 1. The van der Waals surface area contributed by atoms with Gasteiger partial charge in [-0.05, 0) is 66.9 Å². The number of benzene rings is 2. The predicted molar refractivity (Wildman–Crippen MR) is 115 cm³/mol. The summed E-state index contributed by atoms with van der Waals surface area (Å²) in [6.07, 6.45) is 7.25. The minimum Gasteiger partial charge on any atom is -0.497 e. The molecule has 0 radical (unpaired) electrons. The van der Waals surface area contributed by atoms with Crippen molar-refractivity contribution in [1.82, 2.24) is 10.7 Å². The van der Waals surface area contributed by atoms with E-state index < -0.39 is 0 Å². The van der Waals surface area contributed by atoms with E-state index in [4.69, 9.17) is 9.47 Å². The van der Waals surface area contributed by atoms with E-state index in [0.29, 0.717) is 17.1 Å². The SMILES string of the molecule is COc1ccc(C(=O)N/N=C/c2ccc(OCC(=O)NC3CCCCC3)cc2)cc1. The van der Waals surface area contributed by atoms with E-state index in [1.165, 1.54) is 19.3 Å². The van der Waals surface area contributed by atoms with Crippen LogP contribution in [0.4, 0.5) is 0 Å². The molecule has 0 atom stereocenters. The van der Waals surface area contributed by atoms with E-state index in [2.05, 4.69) is 15.8 Å². The van der Waals surface area contributed by atoms with Gasteiger partial charge in [-0.2, -0.15) is 5.10 Å². The van der Waals surface area contributed by atoms with Crippen LogP contribution < -0.4 is 20.2 Å². The minimum absolute atomic E-state index is 0.00184. The van der Waals surface area contributed by atoms with Crippen molar-refractivity contribution >= 4 is 18.0 Å². The molecule has 2 aromatic carbocycles. The highest BCUT2D eigenvalue weighted by atomic mass is 16.5. The molecule has 0 heterocycles. The second kappa shape index (κ2) is 11.0. The lowest BCUT2D eigenvalue weighted by atomic mass is 9.95. The van der Waals surface area contributed by atoms with Gasteiger partial charge in [0.1, 0.15) is 11.5 Å². The Hall–Kier alpha value is -3.35. The monoisotopic (exact) mass is 409 g/mol. The zero-order chi connectivity index (χ0) is 21.2. The van der Waals surface area contributed by atoms with Gasteiger partial charge in [-0.25, -0.2) is 5.43 Å². The third-order valence-electron chi connectivity index (χ3n) is 4.95. The molecule has 1 aliphatic carbocycles. The predicted octanol–water partition coefficient (Wildman–Crippen LogP) is 3.29. The Morgan fingerprint density at radius 2 is 1.67 bits per heavy atom. The van der Waals surface area contributed by atoms with Crippen LogP contribution in [0, 0.1) is 0 Å². The van der Waals surface area contributed by atoms with E-state index >= 15 is 0 Å². The third-order valence-corrected chi connectivity index (χ3v) is 4.95. The molecule has 0 unspecified atom stereocenters. The fourth-order valence-corrected chi connectivity index (χ4v) is 3.29. The second-order valence-corrected chi connectivity index (χ2v) is 7.19. The van der Waals surface area contributed by atoms with Gasteiger partial charge < -0.3 is 14.8 Å². The van der Waals surface area contributed by atoms with Crippen molar-refractivity contribution in [2.75, 3.05) is 13.7 Å². The summed E-state index contributed by atoms with van der Waals surface area (Å²) in [7, 11) is 1.57. The fraction of sp³-hybridized carbons (Fsp3) is 0.348. The summed E-state index contributed by atoms with van der Waals surface area (Å²) in [4.78, 5) is 24.1. The number of nitrogens with one attached hydrogen (secondary N) is 2. The van der Waals surface area contributed by atoms with Crippen molar-refractivity contribution in [2.45, 2.75) is 38.1 Å². The smallest absolute Gasteiger partial charge is 0.271 e. The van der Waals surface area contributed by atoms with Gasteiger partial charge in [0.25, 0.3) is 11.8 Å². The summed E-state index contributed by atoms with van der Waals surface area (Å²) < 4.78 is 10.6. The number of carbonyl (C=O) groups excluding carboxylic acids is 2. The molecule has 2 N–H and O–H groups in total. The van der Waals surface area contributed by atoms with Crippen molar-refractivity contribution in [3.05, 3.63) is 59.7 Å². The molecular formula is C23H27N3O4. The zero-order valence-electron chi connectivity index (χ0n) is 17.1. The van der Waals surface area contributed by atoms with Gasteiger partial charge >= 0.3 is 0 Å². The number of hydrogen-bond donors (Lipinski definition) is 2. The molecule has 0 saturated heterocycles. The van der Waals surface area contributed by atoms with Crippen LogP contribution in [0.5, 0.6) is 11.5 Å². The van der Waals surface area contributed by atoms with E-state index in [1.54, 1.807) is 61.9 Å². The van der Waals surface area contributed by atoms with E-state index in [9.17, 15) is 9.59 Å². The topological polar surface area (TPSA) is 89.0 Å². The standard InChI is InChI=1S/C23H27N3O4/c1-29-20-13-9-18(10-14-20)23(28)26-24-15-17-7-11-21(12-8-17)30-16-22(27)25-19-5-3-2-4-6-19/h7-15,19H,2-6,16H2,1H3,(H,25,27)(H,26,28)/b24-15+. The highest BCUT2D eigenvalue weighted by Gasteiger charge is 2.15. The van der Waals surface area contributed by atoms with Crippen LogP contribution in [-0.4, -0.2) is 37.8 Å². The van der Waals surface area contributed by atoms with Crippen LogP contribution >= 0.6 is 0 Å². The Morgan fingerprint density at radius 3 is 2.33 bits per heavy atom. The molecule has 7 nitrogen and oxygen atoms in total. The van der Waals surface area contributed by atoms with Crippen LogP contribution in [-0.2, 0) is 4.79 Å². The normalized spacial score (nSPS) is 14.3. The molecule has 0 bridgehead atoms. The number of hydrogen-bond acceptors (Lipinski definition) is 5. The van der Waals surface area contributed by atoms with Gasteiger partial charge in [-0.15, -0.1) is 0 Å². The van der Waals surface area contributed by atoms with Gasteiger partial charge in [0.15, 0.2) is 6.61 Å². The second-order valence-electron chi connectivity index (χ2n) is 7.19. The molecule has 1 saturated carbocycles. The Bertz CT molecular complexity index is 857. The molecule has 0 spiro atoms. The molecule has 158 valence electrons. The summed E-state index contributed by atoms with van der Waals surface area (Å²) >= 11 is 0. The molecular weight excluding hydrogens is 382 g/mol. The third kappa shape index (κ3) is 6.62. The van der Waals surface area contributed by atoms with Crippen LogP contribution in [0.3, 0.4) is 0 Å². The van der Waals surface area contributed by atoms with Crippen molar-refractivity contribution in [3.8, 4) is 11.5 Å². The van der Waals surface area contributed by atoms with Crippen molar-refractivity contribution in [3.63, 3.8) is 0 Å². The van der Waals surface area contributed by atoms with E-state index in [0.717, 1.165) is 18.4 Å². The average Bonchev–Trinajstić information content (AvgIpc) is 2.79. The lowest BCUT2D eigenvalue weighted by molar-refractivity contribution is -0.124. The quantitative estimate of drug-likeness (QED) is 0.517. The summed E-state index contributed by atoms with van der Waals surface area (Å²) in [6.45, 7) is 0.00184. The Balaban J connectivity index is 1.42. The largest absolute Gasteiger partial charge is 0.497 e. The Morgan fingerprint density at radius 1 is 1.00 bits per heavy atom. The van der Waals surface area contributed by atoms with Crippen molar-refractivity contribution < 1.29 is 19.1 Å². The molecule has 1 fully saturated rings. The highest BCUT2D eigenvalue weighted by molar-refractivity contribution is 5.95.